The lowest BCUT2D eigenvalue weighted by Gasteiger charge is -2.34. The Balaban J connectivity index is 1.44. The minimum Gasteiger partial charge on any atom is -0.459 e. The van der Waals surface area contributed by atoms with Crippen LogP contribution >= 0.6 is 11.3 Å². The second-order valence-electron chi connectivity index (χ2n) is 7.87. The van der Waals surface area contributed by atoms with Crippen molar-refractivity contribution in [3.05, 3.63) is 64.1 Å². The predicted molar refractivity (Wildman–Crippen MR) is 124 cm³/mol. The summed E-state index contributed by atoms with van der Waals surface area (Å²) in [6, 6.07) is 8.36. The van der Waals surface area contributed by atoms with Gasteiger partial charge in [0.1, 0.15) is 4.88 Å². The van der Waals surface area contributed by atoms with Gasteiger partial charge in [0.05, 0.1) is 16.9 Å². The number of rotatable bonds is 5. The molecule has 3 aromatic rings. The molecule has 1 N–H and O–H groups in total. The molecule has 1 aromatic carbocycles. The Morgan fingerprint density at radius 3 is 2.30 bits per heavy atom. The van der Waals surface area contributed by atoms with Gasteiger partial charge in [0.25, 0.3) is 21.8 Å². The highest BCUT2D eigenvalue weighted by Gasteiger charge is 2.29. The molecule has 1 aliphatic rings. The van der Waals surface area contributed by atoms with E-state index >= 15 is 0 Å². The number of carbonyl (C=O) groups excluding carboxylic acids is 2. The molecule has 0 atom stereocenters. The Hall–Kier alpha value is -3.18. The van der Waals surface area contributed by atoms with Gasteiger partial charge in [0.15, 0.2) is 10.9 Å². The third kappa shape index (κ3) is 4.79. The number of furan rings is 1. The zero-order valence-corrected chi connectivity index (χ0v) is 20.1. The summed E-state index contributed by atoms with van der Waals surface area (Å²) < 4.78 is 33.3. The normalized spacial score (nSPS) is 14.4. The first-order valence-electron chi connectivity index (χ1n) is 10.4. The molecule has 2 amide bonds. The molecule has 1 aliphatic heterocycles. The van der Waals surface area contributed by atoms with E-state index in [1.807, 2.05) is 6.92 Å². The molecular weight excluding hydrogens is 464 g/mol. The summed E-state index contributed by atoms with van der Waals surface area (Å²) in [6.07, 6.45) is 1.45. The number of thiazole rings is 1. The first-order chi connectivity index (χ1) is 15.7. The SMILES string of the molecule is Cc1ccc(S(=O)(=O)Nc2nc(C)c(C(=O)N3CCN(C(=O)c4ccco4)CC3)s2)c(C)c1. The van der Waals surface area contributed by atoms with E-state index in [2.05, 4.69) is 9.71 Å². The Morgan fingerprint density at radius 1 is 1.03 bits per heavy atom. The van der Waals surface area contributed by atoms with Gasteiger partial charge in [-0.25, -0.2) is 13.4 Å². The van der Waals surface area contributed by atoms with Crippen LogP contribution in [0.5, 0.6) is 0 Å². The first kappa shape index (κ1) is 23.0. The molecule has 33 heavy (non-hydrogen) atoms. The van der Waals surface area contributed by atoms with Gasteiger partial charge in [0.2, 0.25) is 0 Å². The molecule has 0 saturated carbocycles. The number of amides is 2. The van der Waals surface area contributed by atoms with E-state index < -0.39 is 10.0 Å². The van der Waals surface area contributed by atoms with Crippen molar-refractivity contribution in [1.29, 1.82) is 0 Å². The van der Waals surface area contributed by atoms with Crippen molar-refractivity contribution in [3.63, 3.8) is 0 Å². The highest BCUT2D eigenvalue weighted by molar-refractivity contribution is 7.93. The van der Waals surface area contributed by atoms with E-state index in [9.17, 15) is 18.0 Å². The van der Waals surface area contributed by atoms with Crippen molar-refractivity contribution < 1.29 is 22.4 Å². The zero-order chi connectivity index (χ0) is 23.8. The van der Waals surface area contributed by atoms with E-state index in [-0.39, 0.29) is 27.6 Å². The molecule has 3 heterocycles. The monoisotopic (exact) mass is 488 g/mol. The van der Waals surface area contributed by atoms with Crippen molar-refractivity contribution in [3.8, 4) is 0 Å². The quantitative estimate of drug-likeness (QED) is 0.591. The minimum absolute atomic E-state index is 0.141. The molecule has 11 heteroatoms. The lowest BCUT2D eigenvalue weighted by molar-refractivity contribution is 0.0520. The molecule has 1 saturated heterocycles. The topological polar surface area (TPSA) is 113 Å². The van der Waals surface area contributed by atoms with Crippen molar-refractivity contribution in [1.82, 2.24) is 14.8 Å². The number of carbonyl (C=O) groups is 2. The van der Waals surface area contributed by atoms with Gasteiger partial charge in [-0.05, 0) is 44.5 Å². The summed E-state index contributed by atoms with van der Waals surface area (Å²) in [7, 11) is -3.83. The summed E-state index contributed by atoms with van der Waals surface area (Å²) in [6.45, 7) is 6.81. The highest BCUT2D eigenvalue weighted by Crippen LogP contribution is 2.28. The smallest absolute Gasteiger partial charge is 0.289 e. The number of hydrogen-bond acceptors (Lipinski definition) is 7. The fraction of sp³-hybridized carbons (Fsp3) is 0.318. The van der Waals surface area contributed by atoms with Crippen LogP contribution in [-0.2, 0) is 10.0 Å². The number of piperazine rings is 1. The Bertz CT molecular complexity index is 1290. The van der Waals surface area contributed by atoms with Gasteiger partial charge >= 0.3 is 0 Å². The van der Waals surface area contributed by atoms with Crippen LogP contribution in [0.25, 0.3) is 0 Å². The fourth-order valence-electron chi connectivity index (χ4n) is 3.72. The van der Waals surface area contributed by atoms with Crippen LogP contribution < -0.4 is 4.72 Å². The van der Waals surface area contributed by atoms with Crippen LogP contribution in [-0.4, -0.2) is 61.2 Å². The van der Waals surface area contributed by atoms with E-state index in [0.29, 0.717) is 42.3 Å². The van der Waals surface area contributed by atoms with Gasteiger partial charge in [-0.15, -0.1) is 0 Å². The number of nitrogens with one attached hydrogen (secondary N) is 1. The maximum absolute atomic E-state index is 13.1. The van der Waals surface area contributed by atoms with Crippen LogP contribution in [0.1, 0.15) is 37.0 Å². The molecule has 2 aromatic heterocycles. The number of aromatic nitrogens is 1. The Kier molecular flexibility index (Phi) is 6.26. The summed E-state index contributed by atoms with van der Waals surface area (Å²) in [5.41, 5.74) is 2.06. The number of aryl methyl sites for hydroxylation is 3. The van der Waals surface area contributed by atoms with Gasteiger partial charge in [-0.2, -0.15) is 0 Å². The molecule has 0 bridgehead atoms. The van der Waals surface area contributed by atoms with Crippen LogP contribution in [0, 0.1) is 20.8 Å². The van der Waals surface area contributed by atoms with Crippen LogP contribution in [0.3, 0.4) is 0 Å². The van der Waals surface area contributed by atoms with Gasteiger partial charge in [-0.3, -0.25) is 14.3 Å². The predicted octanol–water partition coefficient (Wildman–Crippen LogP) is 3.06. The molecule has 9 nitrogen and oxygen atoms in total. The van der Waals surface area contributed by atoms with Gasteiger partial charge in [-0.1, -0.05) is 29.0 Å². The summed E-state index contributed by atoms with van der Waals surface area (Å²) in [5.74, 6) is -0.162. The van der Waals surface area contributed by atoms with Crippen molar-refractivity contribution in [2.75, 3.05) is 30.9 Å². The van der Waals surface area contributed by atoms with Crippen molar-refractivity contribution in [2.45, 2.75) is 25.7 Å². The van der Waals surface area contributed by atoms with Crippen LogP contribution in [0.4, 0.5) is 5.13 Å². The van der Waals surface area contributed by atoms with Crippen molar-refractivity contribution in [2.24, 2.45) is 0 Å². The standard InChI is InChI=1S/C22H24N4O5S2/c1-14-6-7-18(15(2)13-14)33(29,30)24-22-23-16(3)19(32-22)21(28)26-10-8-25(9-11-26)20(27)17-5-4-12-31-17/h4-7,12-13H,8-11H2,1-3H3,(H,23,24). The lowest BCUT2D eigenvalue weighted by Crippen LogP contribution is -2.50. The molecule has 1 fully saturated rings. The Morgan fingerprint density at radius 2 is 1.70 bits per heavy atom. The third-order valence-corrected chi connectivity index (χ3v) is 8.11. The Labute approximate surface area is 196 Å². The molecule has 0 spiro atoms. The van der Waals surface area contributed by atoms with Gasteiger partial charge in [0, 0.05) is 26.2 Å². The van der Waals surface area contributed by atoms with E-state index in [1.165, 1.54) is 6.26 Å². The maximum Gasteiger partial charge on any atom is 0.289 e. The maximum atomic E-state index is 13.1. The first-order valence-corrected chi connectivity index (χ1v) is 12.7. The number of nitrogens with zero attached hydrogens (tertiary/aromatic N) is 3. The molecule has 0 unspecified atom stereocenters. The van der Waals surface area contributed by atoms with E-state index in [0.717, 1.165) is 16.9 Å². The van der Waals surface area contributed by atoms with Crippen LogP contribution in [0.15, 0.2) is 45.9 Å². The zero-order valence-electron chi connectivity index (χ0n) is 18.5. The second kappa shape index (κ2) is 8.99. The van der Waals surface area contributed by atoms with E-state index in [1.54, 1.807) is 54.0 Å². The van der Waals surface area contributed by atoms with Crippen LogP contribution in [0.2, 0.25) is 0 Å². The highest BCUT2D eigenvalue weighted by atomic mass is 32.2. The summed E-state index contributed by atoms with van der Waals surface area (Å²) in [5, 5.41) is 0.141. The number of anilines is 1. The summed E-state index contributed by atoms with van der Waals surface area (Å²) >= 11 is 1.01. The average Bonchev–Trinajstić information content (AvgIpc) is 3.42. The molecule has 4 rings (SSSR count). The molecular formula is C22H24N4O5S2. The van der Waals surface area contributed by atoms with Crippen molar-refractivity contribution >= 4 is 38.3 Å². The lowest BCUT2D eigenvalue weighted by atomic mass is 10.2. The fourth-order valence-corrected chi connectivity index (χ4v) is 6.12. The molecule has 0 aliphatic carbocycles. The van der Waals surface area contributed by atoms with Gasteiger partial charge < -0.3 is 14.2 Å². The number of hydrogen-bond donors (Lipinski definition) is 1. The third-order valence-electron chi connectivity index (χ3n) is 5.42. The summed E-state index contributed by atoms with van der Waals surface area (Å²) in [4.78, 5) is 33.6. The minimum atomic E-state index is -3.83. The average molecular weight is 489 g/mol. The largest absolute Gasteiger partial charge is 0.459 e. The molecule has 0 radical (unpaired) electrons. The molecule has 174 valence electrons. The number of sulfonamides is 1. The number of benzene rings is 1. The van der Waals surface area contributed by atoms with E-state index in [4.69, 9.17) is 4.42 Å². The second-order valence-corrected chi connectivity index (χ2v) is 10.5.